The quantitative estimate of drug-likeness (QED) is 0.0860. The van der Waals surface area contributed by atoms with Gasteiger partial charge in [0.1, 0.15) is 11.2 Å². The van der Waals surface area contributed by atoms with E-state index in [4.69, 9.17) is 18.3 Å². The Bertz CT molecular complexity index is 3200. The fraction of sp³-hybridized carbons (Fsp3) is 0.298. The molecule has 0 N–H and O–H groups in total. The number of hydrogen-bond acceptors (Lipinski definition) is 4. The summed E-state index contributed by atoms with van der Waals surface area (Å²) >= 11 is 0. The number of aryl methyl sites for hydroxylation is 1. The summed E-state index contributed by atoms with van der Waals surface area (Å²) in [5.74, 6) is 1.53. The maximum Gasteiger partial charge on any atom is 0.178 e. The molecule has 0 aliphatic rings. The Hall–Kier alpha value is -6.00. The number of fused-ring (bicyclic) bond motifs is 12. The van der Waals surface area contributed by atoms with E-state index in [1.807, 2.05) is 0 Å². The number of ether oxygens (including phenoxy) is 2. The molecule has 0 aliphatic heterocycles. The van der Waals surface area contributed by atoms with E-state index in [1.54, 1.807) is 0 Å². The van der Waals surface area contributed by atoms with Crippen molar-refractivity contribution in [1.29, 1.82) is 0 Å². The Morgan fingerprint density at radius 1 is 0.393 bits per heavy atom. The first-order valence-corrected chi connectivity index (χ1v) is 23.1. The molecule has 61 heavy (non-hydrogen) atoms. The molecule has 4 nitrogen and oxygen atoms in total. The molecule has 0 aliphatic carbocycles. The van der Waals surface area contributed by atoms with Crippen LogP contribution < -0.4 is 9.47 Å². The van der Waals surface area contributed by atoms with Crippen molar-refractivity contribution < 1.29 is 18.3 Å². The van der Waals surface area contributed by atoms with Gasteiger partial charge in [0.15, 0.2) is 22.7 Å². The summed E-state index contributed by atoms with van der Waals surface area (Å²) in [4.78, 5) is 0. The van der Waals surface area contributed by atoms with Gasteiger partial charge in [-0.25, -0.2) is 0 Å². The lowest BCUT2D eigenvalue weighted by atomic mass is 9.88. The molecule has 10 aromatic rings. The predicted molar refractivity (Wildman–Crippen MR) is 259 cm³/mol. The molecule has 0 fully saturated rings. The molecule has 2 aromatic heterocycles. The average Bonchev–Trinajstić information content (AvgIpc) is 3.87. The average molecular weight is 805 g/mol. The second-order valence-electron chi connectivity index (χ2n) is 17.0. The normalized spacial score (nSPS) is 12.1. The van der Waals surface area contributed by atoms with E-state index in [0.717, 1.165) is 132 Å². The van der Waals surface area contributed by atoms with Crippen LogP contribution in [0.4, 0.5) is 0 Å². The first-order valence-electron chi connectivity index (χ1n) is 23.1. The van der Waals surface area contributed by atoms with Crippen molar-refractivity contribution in [2.24, 2.45) is 0 Å². The number of rotatable bonds is 17. The van der Waals surface area contributed by atoms with Crippen molar-refractivity contribution in [3.63, 3.8) is 0 Å². The molecule has 308 valence electrons. The van der Waals surface area contributed by atoms with Crippen LogP contribution >= 0.6 is 0 Å². The van der Waals surface area contributed by atoms with Crippen molar-refractivity contribution in [1.82, 2.24) is 0 Å². The van der Waals surface area contributed by atoms with Gasteiger partial charge in [0.25, 0.3) is 0 Å². The lowest BCUT2D eigenvalue weighted by Gasteiger charge is -2.21. The summed E-state index contributed by atoms with van der Waals surface area (Å²) in [6.07, 6.45) is 13.7. The second-order valence-corrected chi connectivity index (χ2v) is 17.0. The molecule has 0 unspecified atom stereocenters. The van der Waals surface area contributed by atoms with Crippen molar-refractivity contribution in [2.75, 3.05) is 13.2 Å². The number of hydrogen-bond donors (Lipinski definition) is 0. The maximum atomic E-state index is 7.37. The molecule has 4 heteroatoms. The van der Waals surface area contributed by atoms with Crippen LogP contribution in [0, 0.1) is 0 Å². The van der Waals surface area contributed by atoms with Crippen LogP contribution in [0.3, 0.4) is 0 Å². The molecular formula is C57H56O4. The minimum absolute atomic E-state index is 0.571. The van der Waals surface area contributed by atoms with E-state index in [0.29, 0.717) is 13.2 Å². The summed E-state index contributed by atoms with van der Waals surface area (Å²) in [6.45, 7) is 7.86. The summed E-state index contributed by atoms with van der Waals surface area (Å²) in [5.41, 5.74) is 6.68. The predicted octanol–water partition coefficient (Wildman–Crippen LogP) is 17.4. The number of unbranched alkanes of at least 4 members (excludes halogenated alkanes) is 8. The largest absolute Gasteiger partial charge is 0.489 e. The number of benzene rings is 8. The third-order valence-corrected chi connectivity index (χ3v) is 12.9. The van der Waals surface area contributed by atoms with Crippen LogP contribution in [-0.4, -0.2) is 13.2 Å². The summed E-state index contributed by atoms with van der Waals surface area (Å²) < 4.78 is 28.6. The molecule has 2 heterocycles. The third kappa shape index (κ3) is 6.94. The summed E-state index contributed by atoms with van der Waals surface area (Å²) in [6, 6.07) is 41.8. The lowest BCUT2D eigenvalue weighted by molar-refractivity contribution is 0.306. The molecule has 0 spiro atoms. The Balaban J connectivity index is 1.29. The van der Waals surface area contributed by atoms with E-state index in [1.165, 1.54) is 60.2 Å². The molecule has 0 radical (unpaired) electrons. The molecule has 0 saturated carbocycles. The molecule has 10 rings (SSSR count). The zero-order chi connectivity index (χ0) is 41.3. The Morgan fingerprint density at radius 3 is 1.49 bits per heavy atom. The van der Waals surface area contributed by atoms with Gasteiger partial charge in [0.2, 0.25) is 0 Å². The smallest absolute Gasteiger partial charge is 0.178 e. The van der Waals surface area contributed by atoms with E-state index in [2.05, 4.69) is 136 Å². The van der Waals surface area contributed by atoms with Crippen LogP contribution in [0.1, 0.15) is 97.0 Å². The maximum absolute atomic E-state index is 7.37. The van der Waals surface area contributed by atoms with Crippen molar-refractivity contribution >= 4 is 87.0 Å². The Labute approximate surface area is 358 Å². The minimum atomic E-state index is 0.571. The van der Waals surface area contributed by atoms with Gasteiger partial charge in [0, 0.05) is 38.2 Å². The van der Waals surface area contributed by atoms with Crippen LogP contribution in [0.5, 0.6) is 11.5 Å². The SMILES string of the molecule is CCCCCCCCCc1c2ccccc2cc2c1oc1c(OCCCC)c(-c3c(OCCCC)c4oc5cc6ccccc6cc5c4c4ccccc34)c3ccccc3c12. The Morgan fingerprint density at radius 2 is 0.869 bits per heavy atom. The molecule has 0 bridgehead atoms. The van der Waals surface area contributed by atoms with Crippen molar-refractivity contribution in [2.45, 2.75) is 97.8 Å². The van der Waals surface area contributed by atoms with E-state index >= 15 is 0 Å². The van der Waals surface area contributed by atoms with Gasteiger partial charge < -0.3 is 18.3 Å². The molecule has 0 saturated heterocycles. The zero-order valence-corrected chi connectivity index (χ0v) is 36.0. The van der Waals surface area contributed by atoms with Crippen LogP contribution in [-0.2, 0) is 6.42 Å². The highest BCUT2D eigenvalue weighted by Gasteiger charge is 2.30. The monoisotopic (exact) mass is 804 g/mol. The first-order chi connectivity index (χ1) is 30.2. The second kappa shape index (κ2) is 17.2. The fourth-order valence-electron chi connectivity index (χ4n) is 9.84. The van der Waals surface area contributed by atoms with E-state index in [9.17, 15) is 0 Å². The zero-order valence-electron chi connectivity index (χ0n) is 36.0. The fourth-order valence-corrected chi connectivity index (χ4v) is 9.84. The highest BCUT2D eigenvalue weighted by atomic mass is 16.5. The van der Waals surface area contributed by atoms with Gasteiger partial charge in [-0.05, 0) is 87.0 Å². The lowest BCUT2D eigenvalue weighted by Crippen LogP contribution is -2.03. The summed E-state index contributed by atoms with van der Waals surface area (Å²) in [7, 11) is 0. The van der Waals surface area contributed by atoms with Crippen molar-refractivity contribution in [3.05, 3.63) is 121 Å². The topological polar surface area (TPSA) is 44.7 Å². The standard InChI is InChI=1S/C57H56O4/c1-4-7-10-11-12-13-14-31-45-40-26-18-17-25-39(40)35-47-50-42-28-20-22-30-44(42)52(55(59-33-9-6-3)57(50)61-53(45)47)51-43-29-21-19-27-41(43)49-46-34-37-23-15-16-24-38(37)36-48(46)60-56(49)54(51)58-32-8-5-2/h15-30,34-36H,4-14,31-33H2,1-3H3. The van der Waals surface area contributed by atoms with Gasteiger partial charge in [-0.3, -0.25) is 0 Å². The van der Waals surface area contributed by atoms with E-state index < -0.39 is 0 Å². The highest BCUT2D eigenvalue weighted by Crippen LogP contribution is 2.55. The van der Waals surface area contributed by atoms with Gasteiger partial charge in [-0.2, -0.15) is 0 Å². The molecular weight excluding hydrogens is 749 g/mol. The van der Waals surface area contributed by atoms with Crippen LogP contribution in [0.2, 0.25) is 0 Å². The van der Waals surface area contributed by atoms with Gasteiger partial charge in [-0.1, -0.05) is 169 Å². The third-order valence-electron chi connectivity index (χ3n) is 12.9. The van der Waals surface area contributed by atoms with Crippen LogP contribution in [0.15, 0.2) is 124 Å². The molecule has 0 amide bonds. The minimum Gasteiger partial charge on any atom is -0.489 e. The molecule has 0 atom stereocenters. The first kappa shape index (κ1) is 39.2. The number of furan rings is 2. The van der Waals surface area contributed by atoms with E-state index in [-0.39, 0.29) is 0 Å². The van der Waals surface area contributed by atoms with Crippen LogP contribution in [0.25, 0.3) is 98.1 Å². The van der Waals surface area contributed by atoms with Gasteiger partial charge in [0.05, 0.1) is 13.2 Å². The van der Waals surface area contributed by atoms with Gasteiger partial charge in [-0.15, -0.1) is 0 Å². The molecule has 8 aromatic carbocycles. The highest BCUT2D eigenvalue weighted by molar-refractivity contribution is 6.31. The Kier molecular flexibility index (Phi) is 11.0. The summed E-state index contributed by atoms with van der Waals surface area (Å²) in [5, 5.41) is 13.8. The van der Waals surface area contributed by atoms with Gasteiger partial charge >= 0.3 is 0 Å². The van der Waals surface area contributed by atoms with Crippen molar-refractivity contribution in [3.8, 4) is 22.6 Å².